The number of anilines is 1. The third-order valence-electron chi connectivity index (χ3n) is 4.06. The van der Waals surface area contributed by atoms with Gasteiger partial charge in [-0.2, -0.15) is 18.4 Å². The van der Waals surface area contributed by atoms with Crippen LogP contribution in [0.1, 0.15) is 23.6 Å². The quantitative estimate of drug-likeness (QED) is 0.860. The predicted molar refractivity (Wildman–Crippen MR) is 79.1 cm³/mol. The minimum atomic E-state index is -4.41. The highest BCUT2D eigenvalue weighted by Gasteiger charge is 2.35. The van der Waals surface area contributed by atoms with Gasteiger partial charge in [0.25, 0.3) is 0 Å². The van der Waals surface area contributed by atoms with Crippen LogP contribution in [0.3, 0.4) is 0 Å². The van der Waals surface area contributed by atoms with Crippen molar-refractivity contribution in [3.8, 4) is 6.07 Å². The third kappa shape index (κ3) is 3.32. The molecular weight excluding hydrogens is 321 g/mol. The van der Waals surface area contributed by atoms with E-state index in [2.05, 4.69) is 15.0 Å². The number of imidazole rings is 1. The van der Waals surface area contributed by atoms with E-state index >= 15 is 0 Å². The van der Waals surface area contributed by atoms with E-state index in [1.165, 1.54) is 12.4 Å². The van der Waals surface area contributed by atoms with E-state index in [1.54, 1.807) is 4.57 Å². The van der Waals surface area contributed by atoms with Crippen LogP contribution in [0.5, 0.6) is 0 Å². The first-order valence-electron chi connectivity index (χ1n) is 7.43. The van der Waals surface area contributed by atoms with Gasteiger partial charge in [-0.25, -0.2) is 15.0 Å². The smallest absolute Gasteiger partial charge is 0.358 e. The van der Waals surface area contributed by atoms with Gasteiger partial charge in [-0.05, 0) is 12.3 Å². The van der Waals surface area contributed by atoms with Gasteiger partial charge in [-0.3, -0.25) is 0 Å². The molecule has 2 aromatic rings. The second-order valence-electron chi connectivity index (χ2n) is 5.85. The molecule has 6 nitrogen and oxygen atoms in total. The Morgan fingerprint density at radius 1 is 1.38 bits per heavy atom. The number of aromatic nitrogens is 4. The van der Waals surface area contributed by atoms with Gasteiger partial charge in [0.15, 0.2) is 11.4 Å². The normalized spacial score (nSPS) is 17.2. The van der Waals surface area contributed by atoms with Crippen molar-refractivity contribution in [2.24, 2.45) is 5.92 Å². The van der Waals surface area contributed by atoms with E-state index in [0.717, 1.165) is 12.6 Å². The molecule has 0 amide bonds. The maximum Gasteiger partial charge on any atom is 0.434 e. The highest BCUT2D eigenvalue weighted by molar-refractivity contribution is 5.36. The molecule has 3 rings (SSSR count). The number of hydrogen-bond donors (Lipinski definition) is 0. The van der Waals surface area contributed by atoms with Crippen molar-refractivity contribution in [1.29, 1.82) is 5.26 Å². The van der Waals surface area contributed by atoms with Crippen molar-refractivity contribution in [1.82, 2.24) is 19.5 Å². The minimum absolute atomic E-state index is 0.190. The molecule has 0 spiro atoms. The Hall–Kier alpha value is -2.63. The van der Waals surface area contributed by atoms with Gasteiger partial charge in [-0.1, -0.05) is 0 Å². The molecular formula is C15H15F3N6. The fraction of sp³-hybridized carbons (Fsp3) is 0.467. The second-order valence-corrected chi connectivity index (χ2v) is 5.85. The van der Waals surface area contributed by atoms with Gasteiger partial charge < -0.3 is 9.47 Å². The molecule has 1 aliphatic heterocycles. The van der Waals surface area contributed by atoms with Crippen LogP contribution in [0, 0.1) is 17.2 Å². The molecule has 9 heteroatoms. The van der Waals surface area contributed by atoms with E-state index in [4.69, 9.17) is 5.26 Å². The van der Waals surface area contributed by atoms with E-state index in [9.17, 15) is 13.2 Å². The van der Waals surface area contributed by atoms with E-state index in [-0.39, 0.29) is 11.6 Å². The summed E-state index contributed by atoms with van der Waals surface area (Å²) in [5, 5.41) is 8.73. The Morgan fingerprint density at radius 3 is 2.79 bits per heavy atom. The first kappa shape index (κ1) is 16.2. The van der Waals surface area contributed by atoms with Crippen LogP contribution in [0.15, 0.2) is 18.6 Å². The molecule has 0 saturated carbocycles. The van der Waals surface area contributed by atoms with Gasteiger partial charge in [0.1, 0.15) is 17.7 Å². The fourth-order valence-corrected chi connectivity index (χ4v) is 2.86. The summed E-state index contributed by atoms with van der Waals surface area (Å²) in [5.41, 5.74) is -0.586. The Labute approximate surface area is 136 Å². The SMILES string of the molecule is CN(CC1CCc2nc(C(F)(F)F)cn2C1)c1cnc(C#N)cn1. The molecule has 0 aliphatic carbocycles. The molecule has 0 saturated heterocycles. The van der Waals surface area contributed by atoms with Crippen molar-refractivity contribution >= 4 is 5.82 Å². The molecule has 0 bridgehead atoms. The van der Waals surface area contributed by atoms with Crippen LogP contribution in [0.2, 0.25) is 0 Å². The van der Waals surface area contributed by atoms with E-state index in [1.807, 2.05) is 18.0 Å². The molecule has 1 atom stereocenters. The number of fused-ring (bicyclic) bond motifs is 1. The van der Waals surface area contributed by atoms with Crippen LogP contribution in [0.4, 0.5) is 19.0 Å². The van der Waals surface area contributed by atoms with Crippen molar-refractivity contribution in [2.45, 2.75) is 25.6 Å². The van der Waals surface area contributed by atoms with Crippen molar-refractivity contribution < 1.29 is 13.2 Å². The zero-order valence-electron chi connectivity index (χ0n) is 13.0. The van der Waals surface area contributed by atoms with Crippen LogP contribution in [-0.2, 0) is 19.1 Å². The number of hydrogen-bond acceptors (Lipinski definition) is 5. The maximum atomic E-state index is 12.7. The Kier molecular flexibility index (Phi) is 4.13. The van der Waals surface area contributed by atoms with Crippen LogP contribution >= 0.6 is 0 Å². The highest BCUT2D eigenvalue weighted by Crippen LogP contribution is 2.31. The summed E-state index contributed by atoms with van der Waals surface area (Å²) in [5.74, 6) is 1.30. The maximum absolute atomic E-state index is 12.7. The summed E-state index contributed by atoms with van der Waals surface area (Å²) in [6, 6.07) is 1.91. The lowest BCUT2D eigenvalue weighted by Gasteiger charge is -2.28. The van der Waals surface area contributed by atoms with Gasteiger partial charge in [0, 0.05) is 32.8 Å². The fourth-order valence-electron chi connectivity index (χ4n) is 2.86. The molecule has 1 unspecified atom stereocenters. The summed E-state index contributed by atoms with van der Waals surface area (Å²) in [4.78, 5) is 13.7. The molecule has 0 fully saturated rings. The lowest BCUT2D eigenvalue weighted by molar-refractivity contribution is -0.141. The molecule has 0 N–H and O–H groups in total. The average molecular weight is 336 g/mol. The topological polar surface area (TPSA) is 70.6 Å². The molecule has 126 valence electrons. The van der Waals surface area contributed by atoms with Gasteiger partial charge in [0.05, 0.1) is 12.4 Å². The van der Waals surface area contributed by atoms with Crippen molar-refractivity contribution in [3.05, 3.63) is 35.8 Å². The molecule has 1 aliphatic rings. The Bertz CT molecular complexity index is 759. The number of nitrogens with zero attached hydrogens (tertiary/aromatic N) is 6. The highest BCUT2D eigenvalue weighted by atomic mass is 19.4. The van der Waals surface area contributed by atoms with E-state index in [0.29, 0.717) is 31.2 Å². The number of aryl methyl sites for hydroxylation is 1. The average Bonchev–Trinajstić information content (AvgIpc) is 2.98. The monoisotopic (exact) mass is 336 g/mol. The van der Waals surface area contributed by atoms with Crippen molar-refractivity contribution in [3.63, 3.8) is 0 Å². The van der Waals surface area contributed by atoms with Crippen LogP contribution in [-0.4, -0.2) is 33.1 Å². The Morgan fingerprint density at radius 2 is 2.17 bits per heavy atom. The minimum Gasteiger partial charge on any atom is -0.358 e. The largest absolute Gasteiger partial charge is 0.434 e. The summed E-state index contributed by atoms with van der Waals surface area (Å²) >= 11 is 0. The second kappa shape index (κ2) is 6.11. The number of alkyl halides is 3. The predicted octanol–water partition coefficient (Wildman–Crippen LogP) is 2.26. The third-order valence-corrected chi connectivity index (χ3v) is 4.06. The van der Waals surface area contributed by atoms with Crippen LogP contribution < -0.4 is 4.90 Å². The molecule has 3 heterocycles. The zero-order chi connectivity index (χ0) is 17.3. The van der Waals surface area contributed by atoms with E-state index < -0.39 is 11.9 Å². The Balaban J connectivity index is 1.67. The zero-order valence-corrected chi connectivity index (χ0v) is 13.0. The lowest BCUT2D eigenvalue weighted by Crippen LogP contribution is -2.32. The summed E-state index contributed by atoms with van der Waals surface area (Å²) in [7, 11) is 1.85. The van der Waals surface area contributed by atoms with Gasteiger partial charge >= 0.3 is 6.18 Å². The van der Waals surface area contributed by atoms with Crippen LogP contribution in [0.25, 0.3) is 0 Å². The molecule has 0 radical (unpaired) electrons. The van der Waals surface area contributed by atoms with Gasteiger partial charge in [0.2, 0.25) is 0 Å². The summed E-state index contributed by atoms with van der Waals surface area (Å²) in [6.45, 7) is 1.13. The molecule has 24 heavy (non-hydrogen) atoms. The number of nitriles is 1. The lowest BCUT2D eigenvalue weighted by atomic mass is 9.99. The summed E-state index contributed by atoms with van der Waals surface area (Å²) in [6.07, 6.45) is 0.885. The van der Waals surface area contributed by atoms with Gasteiger partial charge in [-0.15, -0.1) is 0 Å². The summed E-state index contributed by atoms with van der Waals surface area (Å²) < 4.78 is 39.8. The first-order valence-corrected chi connectivity index (χ1v) is 7.43. The standard InChI is InChI=1S/C15H15F3N6/c1-23(14-6-20-11(4-19)5-21-14)7-10-2-3-13-22-12(15(16,17)18)9-24(13)8-10/h5-6,9-10H,2-3,7-8H2,1H3. The first-order chi connectivity index (χ1) is 11.4. The number of halogens is 3. The van der Waals surface area contributed by atoms with Crippen molar-refractivity contribution in [2.75, 3.05) is 18.5 Å². The molecule has 0 aromatic carbocycles. The number of rotatable bonds is 3. The molecule has 2 aromatic heterocycles.